The Bertz CT molecular complexity index is 282. The van der Waals surface area contributed by atoms with E-state index in [-0.39, 0.29) is 0 Å². The topological polar surface area (TPSA) is 37.8 Å². The molecule has 0 spiro atoms. The zero-order valence-electron chi connectivity index (χ0n) is 8.79. The molecule has 78 valence electrons. The lowest BCUT2D eigenvalue weighted by atomic mass is 9.92. The van der Waals surface area contributed by atoms with Crippen LogP contribution in [0.25, 0.3) is 0 Å². The van der Waals surface area contributed by atoms with Crippen LogP contribution in [0, 0.1) is 5.41 Å². The van der Waals surface area contributed by atoms with Crippen molar-refractivity contribution in [3.63, 3.8) is 0 Å². The van der Waals surface area contributed by atoms with Crippen molar-refractivity contribution < 1.29 is 0 Å². The van der Waals surface area contributed by atoms with Gasteiger partial charge in [-0.25, -0.2) is 0 Å². The van der Waals surface area contributed by atoms with E-state index in [4.69, 9.17) is 0 Å². The summed E-state index contributed by atoms with van der Waals surface area (Å²) in [5.74, 6) is 0. The van der Waals surface area contributed by atoms with Crippen molar-refractivity contribution >= 4 is 11.5 Å². The molecule has 3 nitrogen and oxygen atoms in total. The van der Waals surface area contributed by atoms with Gasteiger partial charge in [0.15, 0.2) is 0 Å². The molecule has 0 saturated heterocycles. The molecule has 1 N–H and O–H groups in total. The van der Waals surface area contributed by atoms with Crippen LogP contribution < -0.4 is 5.32 Å². The normalized spacial score (nSPS) is 25.4. The lowest BCUT2D eigenvalue weighted by Crippen LogP contribution is -2.26. The second kappa shape index (κ2) is 3.95. The van der Waals surface area contributed by atoms with E-state index in [2.05, 4.69) is 28.8 Å². The van der Waals surface area contributed by atoms with E-state index in [1.165, 1.54) is 30.8 Å². The Morgan fingerprint density at radius 2 is 2.50 bits per heavy atom. The molecule has 0 bridgehead atoms. The summed E-state index contributed by atoms with van der Waals surface area (Å²) in [6.07, 6.45) is 3.91. The van der Waals surface area contributed by atoms with Gasteiger partial charge < -0.3 is 5.32 Å². The highest BCUT2D eigenvalue weighted by Gasteiger charge is 2.30. The molecule has 1 aliphatic carbocycles. The number of nitrogens with one attached hydrogen (secondary N) is 1. The Hall–Kier alpha value is -0.480. The Balaban J connectivity index is 1.78. The maximum absolute atomic E-state index is 4.02. The van der Waals surface area contributed by atoms with Crippen LogP contribution in [-0.2, 0) is 6.54 Å². The Morgan fingerprint density at radius 1 is 1.64 bits per heavy atom. The number of hydrogen-bond donors (Lipinski definition) is 1. The van der Waals surface area contributed by atoms with Crippen LogP contribution in [0.5, 0.6) is 0 Å². The molecular formula is C10H17N3S. The highest BCUT2D eigenvalue weighted by molar-refractivity contribution is 7.03. The van der Waals surface area contributed by atoms with Gasteiger partial charge in [0.1, 0.15) is 0 Å². The third kappa shape index (κ3) is 2.51. The van der Waals surface area contributed by atoms with Gasteiger partial charge in [-0.05, 0) is 36.2 Å². The van der Waals surface area contributed by atoms with E-state index in [0.717, 1.165) is 12.2 Å². The summed E-state index contributed by atoms with van der Waals surface area (Å²) in [5.41, 5.74) is 1.59. The standard InChI is InChI=1S/C10H17N3S/c1-10(2)4-3-8(5-10)11-6-9-7-14-13-12-9/h7-8,11H,3-6H2,1-2H3. The molecule has 1 fully saturated rings. The molecule has 1 atom stereocenters. The van der Waals surface area contributed by atoms with Crippen molar-refractivity contribution in [2.24, 2.45) is 5.41 Å². The fourth-order valence-corrected chi connectivity index (χ4v) is 2.57. The third-order valence-electron chi connectivity index (χ3n) is 2.95. The first-order chi connectivity index (χ1) is 6.66. The second-order valence-electron chi connectivity index (χ2n) is 4.88. The molecule has 1 saturated carbocycles. The van der Waals surface area contributed by atoms with Crippen LogP contribution in [0.4, 0.5) is 0 Å². The molecule has 4 heteroatoms. The van der Waals surface area contributed by atoms with Crippen molar-refractivity contribution in [1.82, 2.24) is 14.9 Å². The number of rotatable bonds is 3. The van der Waals surface area contributed by atoms with E-state index in [0.29, 0.717) is 11.5 Å². The van der Waals surface area contributed by atoms with Crippen LogP contribution in [0.3, 0.4) is 0 Å². The minimum absolute atomic E-state index is 0.526. The SMILES string of the molecule is CC1(C)CCC(NCc2csnn2)C1. The minimum Gasteiger partial charge on any atom is -0.308 e. The fraction of sp³-hybridized carbons (Fsp3) is 0.800. The molecule has 1 unspecified atom stereocenters. The Labute approximate surface area is 89.1 Å². The summed E-state index contributed by atoms with van der Waals surface area (Å²) in [7, 11) is 0. The predicted octanol–water partition coefficient (Wildman–Crippen LogP) is 2.21. The highest BCUT2D eigenvalue weighted by Crippen LogP contribution is 2.36. The van der Waals surface area contributed by atoms with Gasteiger partial charge in [-0.3, -0.25) is 0 Å². The molecule has 1 aromatic rings. The van der Waals surface area contributed by atoms with Gasteiger partial charge >= 0.3 is 0 Å². The average Bonchev–Trinajstić information content (AvgIpc) is 2.70. The van der Waals surface area contributed by atoms with Crippen LogP contribution in [0.2, 0.25) is 0 Å². The molecule has 2 rings (SSSR count). The van der Waals surface area contributed by atoms with Gasteiger partial charge in [-0.15, -0.1) is 5.10 Å². The molecule has 0 aromatic carbocycles. The van der Waals surface area contributed by atoms with Crippen LogP contribution in [0.15, 0.2) is 5.38 Å². The molecular weight excluding hydrogens is 194 g/mol. The van der Waals surface area contributed by atoms with Gasteiger partial charge in [0.25, 0.3) is 0 Å². The average molecular weight is 211 g/mol. The molecule has 1 aliphatic rings. The Morgan fingerprint density at radius 3 is 3.07 bits per heavy atom. The van der Waals surface area contributed by atoms with E-state index >= 15 is 0 Å². The molecule has 1 aromatic heterocycles. The van der Waals surface area contributed by atoms with Crippen molar-refractivity contribution in [2.45, 2.75) is 45.7 Å². The largest absolute Gasteiger partial charge is 0.308 e. The van der Waals surface area contributed by atoms with Gasteiger partial charge in [-0.2, -0.15) is 0 Å². The monoisotopic (exact) mass is 211 g/mol. The van der Waals surface area contributed by atoms with E-state index in [9.17, 15) is 0 Å². The first kappa shape index (κ1) is 10.1. The minimum atomic E-state index is 0.526. The van der Waals surface area contributed by atoms with Crippen molar-refractivity contribution in [1.29, 1.82) is 0 Å². The lowest BCUT2D eigenvalue weighted by molar-refractivity contribution is 0.364. The number of hydrogen-bond acceptors (Lipinski definition) is 4. The highest BCUT2D eigenvalue weighted by atomic mass is 32.1. The predicted molar refractivity (Wildman–Crippen MR) is 58.2 cm³/mol. The van der Waals surface area contributed by atoms with Gasteiger partial charge in [0.2, 0.25) is 0 Å². The number of nitrogens with zero attached hydrogens (tertiary/aromatic N) is 2. The second-order valence-corrected chi connectivity index (χ2v) is 5.49. The molecule has 0 aliphatic heterocycles. The summed E-state index contributed by atoms with van der Waals surface area (Å²) in [5, 5.41) is 9.57. The third-order valence-corrected chi connectivity index (χ3v) is 3.50. The van der Waals surface area contributed by atoms with Gasteiger partial charge in [-0.1, -0.05) is 18.3 Å². The fourth-order valence-electron chi connectivity index (χ4n) is 2.12. The van der Waals surface area contributed by atoms with Gasteiger partial charge in [0.05, 0.1) is 5.69 Å². The summed E-state index contributed by atoms with van der Waals surface area (Å²) in [6.45, 7) is 5.56. The van der Waals surface area contributed by atoms with Crippen LogP contribution in [-0.4, -0.2) is 15.6 Å². The first-order valence-electron chi connectivity index (χ1n) is 5.15. The maximum atomic E-state index is 4.02. The summed E-state index contributed by atoms with van der Waals surface area (Å²) in [6, 6.07) is 0.673. The van der Waals surface area contributed by atoms with E-state index in [1.807, 2.05) is 5.38 Å². The van der Waals surface area contributed by atoms with Crippen molar-refractivity contribution in [2.75, 3.05) is 0 Å². The molecule has 0 radical (unpaired) electrons. The maximum Gasteiger partial charge on any atom is 0.0893 e. The van der Waals surface area contributed by atoms with Crippen molar-refractivity contribution in [3.8, 4) is 0 Å². The molecule has 14 heavy (non-hydrogen) atoms. The number of aromatic nitrogens is 2. The molecule has 1 heterocycles. The van der Waals surface area contributed by atoms with Gasteiger partial charge in [0, 0.05) is 18.0 Å². The van der Waals surface area contributed by atoms with Crippen molar-refractivity contribution in [3.05, 3.63) is 11.1 Å². The van der Waals surface area contributed by atoms with Crippen LogP contribution >= 0.6 is 11.5 Å². The van der Waals surface area contributed by atoms with E-state index < -0.39 is 0 Å². The quantitative estimate of drug-likeness (QED) is 0.833. The summed E-state index contributed by atoms with van der Waals surface area (Å²) >= 11 is 1.42. The van der Waals surface area contributed by atoms with Crippen LogP contribution in [0.1, 0.15) is 38.8 Å². The Kier molecular flexibility index (Phi) is 2.83. The lowest BCUT2D eigenvalue weighted by Gasteiger charge is -2.17. The summed E-state index contributed by atoms with van der Waals surface area (Å²) < 4.78 is 3.85. The summed E-state index contributed by atoms with van der Waals surface area (Å²) in [4.78, 5) is 0. The zero-order chi connectivity index (χ0) is 10.0. The molecule has 0 amide bonds. The van der Waals surface area contributed by atoms with E-state index in [1.54, 1.807) is 0 Å². The smallest absolute Gasteiger partial charge is 0.0893 e. The zero-order valence-corrected chi connectivity index (χ0v) is 9.60. The first-order valence-corrected chi connectivity index (χ1v) is 5.99.